The highest BCUT2D eigenvalue weighted by molar-refractivity contribution is 7.90. The van der Waals surface area contributed by atoms with Gasteiger partial charge in [-0.15, -0.1) is 0 Å². The molecular weight excluding hydrogens is 276 g/mol. The molecule has 0 saturated heterocycles. The predicted molar refractivity (Wildman–Crippen MR) is 65.1 cm³/mol. The molecule has 1 aromatic rings. The highest BCUT2D eigenvalue weighted by Gasteiger charge is 2.25. The van der Waals surface area contributed by atoms with Gasteiger partial charge < -0.3 is 9.47 Å². The molecule has 0 fully saturated rings. The van der Waals surface area contributed by atoms with Gasteiger partial charge in [0.15, 0.2) is 5.69 Å². The number of hydrogen-bond donors (Lipinski definition) is 0. The first-order chi connectivity index (χ1) is 8.73. The van der Waals surface area contributed by atoms with Crippen LogP contribution in [0.5, 0.6) is 5.75 Å². The number of ether oxygens (including phenoxy) is 2. The quantitative estimate of drug-likeness (QED) is 0.537. The molecule has 0 aliphatic heterocycles. The number of sulfone groups is 1. The van der Waals surface area contributed by atoms with E-state index >= 15 is 0 Å². The molecule has 0 saturated carbocycles. The van der Waals surface area contributed by atoms with E-state index in [1.807, 2.05) is 0 Å². The predicted octanol–water partition coefficient (Wildman–Crippen LogP) is -0.631. The van der Waals surface area contributed by atoms with E-state index in [2.05, 4.69) is 4.98 Å². The second kappa shape index (κ2) is 5.39. The van der Waals surface area contributed by atoms with E-state index in [1.54, 1.807) is 6.92 Å². The van der Waals surface area contributed by atoms with E-state index in [1.165, 1.54) is 14.2 Å². The molecule has 0 radical (unpaired) electrons. The van der Waals surface area contributed by atoms with E-state index in [4.69, 9.17) is 9.47 Å². The van der Waals surface area contributed by atoms with Gasteiger partial charge in [0.2, 0.25) is 20.7 Å². The first kappa shape index (κ1) is 15.2. The lowest BCUT2D eigenvalue weighted by Crippen LogP contribution is -2.29. The van der Waals surface area contributed by atoms with E-state index < -0.39 is 32.2 Å². The molecule has 0 spiro atoms. The Kier molecular flexibility index (Phi) is 4.30. The molecule has 1 heterocycles. The summed E-state index contributed by atoms with van der Waals surface area (Å²) >= 11 is 0. The molecule has 0 N–H and O–H groups in total. The number of rotatable bonds is 4. The minimum absolute atomic E-state index is 0.0626. The SMILES string of the molecule is CCOC(=O)c1nc(S(C)(=O)=O)n(C)c(=O)c1OC. The van der Waals surface area contributed by atoms with Gasteiger partial charge in [0.25, 0.3) is 5.56 Å². The Balaban J connectivity index is 3.68. The molecule has 0 bridgehead atoms. The molecule has 0 aromatic carbocycles. The van der Waals surface area contributed by atoms with Crippen molar-refractivity contribution < 1.29 is 22.7 Å². The molecule has 1 aromatic heterocycles. The highest BCUT2D eigenvalue weighted by atomic mass is 32.2. The molecule has 0 aliphatic rings. The Bertz CT molecular complexity index is 661. The van der Waals surface area contributed by atoms with Crippen LogP contribution in [-0.2, 0) is 21.6 Å². The van der Waals surface area contributed by atoms with Crippen LogP contribution in [0, 0.1) is 0 Å². The summed E-state index contributed by atoms with van der Waals surface area (Å²) in [6.07, 6.45) is 0.885. The van der Waals surface area contributed by atoms with Gasteiger partial charge in [-0.2, -0.15) is 0 Å². The third-order valence-corrected chi connectivity index (χ3v) is 3.24. The number of nitrogens with zero attached hydrogens (tertiary/aromatic N) is 2. The van der Waals surface area contributed by atoms with Crippen molar-refractivity contribution in [2.24, 2.45) is 7.05 Å². The summed E-state index contributed by atoms with van der Waals surface area (Å²) in [4.78, 5) is 27.3. The summed E-state index contributed by atoms with van der Waals surface area (Å²) in [5.74, 6) is -1.27. The maximum atomic E-state index is 11.9. The van der Waals surface area contributed by atoms with Gasteiger partial charge in [-0.1, -0.05) is 0 Å². The van der Waals surface area contributed by atoms with E-state index in [9.17, 15) is 18.0 Å². The Hall–Kier alpha value is -1.90. The van der Waals surface area contributed by atoms with Crippen LogP contribution in [0.4, 0.5) is 0 Å². The topological polar surface area (TPSA) is 105 Å². The minimum Gasteiger partial charge on any atom is -0.489 e. The Morgan fingerprint density at radius 1 is 1.42 bits per heavy atom. The lowest BCUT2D eigenvalue weighted by atomic mass is 10.3. The largest absolute Gasteiger partial charge is 0.489 e. The number of esters is 1. The first-order valence-electron chi connectivity index (χ1n) is 5.26. The van der Waals surface area contributed by atoms with Gasteiger partial charge in [0.05, 0.1) is 13.7 Å². The van der Waals surface area contributed by atoms with Crippen molar-refractivity contribution in [2.75, 3.05) is 20.0 Å². The zero-order valence-electron chi connectivity index (χ0n) is 11.0. The number of aromatic nitrogens is 2. The van der Waals surface area contributed by atoms with Crippen LogP contribution in [0.1, 0.15) is 17.4 Å². The van der Waals surface area contributed by atoms with Crippen molar-refractivity contribution in [2.45, 2.75) is 12.1 Å². The second-order valence-electron chi connectivity index (χ2n) is 3.63. The maximum absolute atomic E-state index is 11.9. The van der Waals surface area contributed by atoms with E-state index in [-0.39, 0.29) is 12.4 Å². The average molecular weight is 290 g/mol. The fourth-order valence-corrected chi connectivity index (χ4v) is 2.25. The fourth-order valence-electron chi connectivity index (χ4n) is 1.42. The van der Waals surface area contributed by atoms with E-state index in [0.717, 1.165) is 10.8 Å². The Morgan fingerprint density at radius 2 is 2.00 bits per heavy atom. The number of carbonyl (C=O) groups excluding carboxylic acids is 1. The van der Waals surface area contributed by atoms with Gasteiger partial charge in [-0.3, -0.25) is 9.36 Å². The molecule has 0 atom stereocenters. The van der Waals surface area contributed by atoms with Crippen LogP contribution in [0.25, 0.3) is 0 Å². The molecule has 8 nitrogen and oxygen atoms in total. The van der Waals surface area contributed by atoms with Crippen LogP contribution in [0.2, 0.25) is 0 Å². The second-order valence-corrected chi connectivity index (χ2v) is 5.54. The van der Waals surface area contributed by atoms with Crippen molar-refractivity contribution in [1.82, 2.24) is 9.55 Å². The van der Waals surface area contributed by atoms with Crippen molar-refractivity contribution in [1.29, 1.82) is 0 Å². The molecule has 0 amide bonds. The summed E-state index contributed by atoms with van der Waals surface area (Å²) < 4.78 is 33.4. The van der Waals surface area contributed by atoms with Gasteiger partial charge in [-0.05, 0) is 6.92 Å². The molecular formula is C10H14N2O6S. The number of methoxy groups -OCH3 is 1. The number of hydrogen-bond acceptors (Lipinski definition) is 7. The summed E-state index contributed by atoms with van der Waals surface area (Å²) in [7, 11) is -1.36. The smallest absolute Gasteiger partial charge is 0.361 e. The van der Waals surface area contributed by atoms with Crippen LogP contribution in [0.3, 0.4) is 0 Å². The summed E-state index contributed by atoms with van der Waals surface area (Å²) in [6.45, 7) is 1.63. The van der Waals surface area contributed by atoms with Crippen LogP contribution in [-0.4, -0.2) is 43.9 Å². The zero-order valence-corrected chi connectivity index (χ0v) is 11.8. The molecule has 106 valence electrons. The Labute approximate surface area is 109 Å². The van der Waals surface area contributed by atoms with E-state index in [0.29, 0.717) is 0 Å². The zero-order chi connectivity index (χ0) is 14.8. The van der Waals surface area contributed by atoms with Crippen LogP contribution in [0.15, 0.2) is 9.95 Å². The average Bonchev–Trinajstić information content (AvgIpc) is 2.30. The summed E-state index contributed by atoms with van der Waals surface area (Å²) in [5.41, 5.74) is -1.23. The normalized spacial score (nSPS) is 11.2. The molecule has 9 heteroatoms. The number of carbonyl (C=O) groups is 1. The standard InChI is InChI=1S/C10H14N2O6S/c1-5-18-9(14)6-7(17-3)8(13)12(2)10(11-6)19(4,15)16/h5H2,1-4H3. The van der Waals surface area contributed by atoms with Crippen molar-refractivity contribution in [3.63, 3.8) is 0 Å². The van der Waals surface area contributed by atoms with Crippen LogP contribution < -0.4 is 10.3 Å². The summed E-state index contributed by atoms with van der Waals surface area (Å²) in [5, 5.41) is -0.527. The summed E-state index contributed by atoms with van der Waals surface area (Å²) in [6, 6.07) is 0. The maximum Gasteiger partial charge on any atom is 0.361 e. The Morgan fingerprint density at radius 3 is 2.42 bits per heavy atom. The fraction of sp³-hybridized carbons (Fsp3) is 0.500. The lowest BCUT2D eigenvalue weighted by Gasteiger charge is -2.11. The van der Waals surface area contributed by atoms with Gasteiger partial charge >= 0.3 is 5.97 Å². The van der Waals surface area contributed by atoms with Gasteiger partial charge in [0.1, 0.15) is 0 Å². The molecule has 0 aliphatic carbocycles. The minimum atomic E-state index is -3.76. The molecule has 1 rings (SSSR count). The molecule has 0 unspecified atom stereocenters. The lowest BCUT2D eigenvalue weighted by molar-refractivity contribution is 0.0513. The van der Waals surface area contributed by atoms with Gasteiger partial charge in [-0.25, -0.2) is 18.2 Å². The van der Waals surface area contributed by atoms with Crippen molar-refractivity contribution in [3.05, 3.63) is 16.0 Å². The van der Waals surface area contributed by atoms with Crippen molar-refractivity contribution in [3.8, 4) is 5.75 Å². The molecule has 19 heavy (non-hydrogen) atoms. The first-order valence-corrected chi connectivity index (χ1v) is 7.15. The highest BCUT2D eigenvalue weighted by Crippen LogP contribution is 2.14. The third-order valence-electron chi connectivity index (χ3n) is 2.21. The van der Waals surface area contributed by atoms with Crippen LogP contribution >= 0.6 is 0 Å². The van der Waals surface area contributed by atoms with Crippen molar-refractivity contribution >= 4 is 15.8 Å². The van der Waals surface area contributed by atoms with Gasteiger partial charge in [0, 0.05) is 13.3 Å². The third kappa shape index (κ3) is 2.92. The monoisotopic (exact) mass is 290 g/mol.